The van der Waals surface area contributed by atoms with Gasteiger partial charge in [-0.25, -0.2) is 4.79 Å². The van der Waals surface area contributed by atoms with Gasteiger partial charge in [0.25, 0.3) is 0 Å². The molecule has 1 heterocycles. The predicted octanol–water partition coefficient (Wildman–Crippen LogP) is 1.91. The maximum absolute atomic E-state index is 11.6. The van der Waals surface area contributed by atoms with Crippen molar-refractivity contribution < 1.29 is 9.90 Å². The smallest absolute Gasteiger partial charge is 0.320 e. The molecular formula is C15H20N4O2. The number of aliphatic hydroxyl groups is 1. The van der Waals surface area contributed by atoms with E-state index in [1.54, 1.807) is 0 Å². The number of rotatable bonds is 5. The van der Waals surface area contributed by atoms with Gasteiger partial charge in [0, 0.05) is 18.3 Å². The number of nitrogens with zero attached hydrogens (tertiary/aromatic N) is 2. The van der Waals surface area contributed by atoms with E-state index in [0.717, 1.165) is 11.1 Å². The Morgan fingerprint density at radius 2 is 2.10 bits per heavy atom. The van der Waals surface area contributed by atoms with Crippen LogP contribution in [0.3, 0.4) is 0 Å². The first-order valence-corrected chi connectivity index (χ1v) is 6.88. The number of hydrogen-bond donors (Lipinski definition) is 3. The highest BCUT2D eigenvalue weighted by molar-refractivity contribution is 5.88. The summed E-state index contributed by atoms with van der Waals surface area (Å²) >= 11 is 0. The minimum Gasteiger partial charge on any atom is -0.395 e. The van der Waals surface area contributed by atoms with Crippen LogP contribution in [0.4, 0.5) is 10.6 Å². The third-order valence-electron chi connectivity index (χ3n) is 3.22. The van der Waals surface area contributed by atoms with Crippen molar-refractivity contribution in [2.45, 2.75) is 19.9 Å². The Hall–Kier alpha value is -2.34. The van der Waals surface area contributed by atoms with E-state index in [-0.39, 0.29) is 25.2 Å². The van der Waals surface area contributed by atoms with Crippen molar-refractivity contribution in [3.63, 3.8) is 0 Å². The first-order valence-electron chi connectivity index (χ1n) is 6.88. The molecule has 0 bridgehead atoms. The summed E-state index contributed by atoms with van der Waals surface area (Å²) in [5.74, 6) is 0.522. The molecule has 2 amide bonds. The molecule has 2 aromatic rings. The fourth-order valence-electron chi connectivity index (χ4n) is 2.01. The SMILES string of the molecule is Cc1cn(C(C)c2ccccc2)nc1NC(=O)NCCO. The molecule has 1 aromatic heterocycles. The van der Waals surface area contributed by atoms with Crippen LogP contribution in [0.25, 0.3) is 0 Å². The summed E-state index contributed by atoms with van der Waals surface area (Å²) in [7, 11) is 0. The van der Waals surface area contributed by atoms with Crippen LogP contribution in [0.5, 0.6) is 0 Å². The molecule has 0 saturated heterocycles. The molecule has 0 spiro atoms. The van der Waals surface area contributed by atoms with Crippen molar-refractivity contribution in [2.75, 3.05) is 18.5 Å². The molecule has 6 heteroatoms. The molecular weight excluding hydrogens is 268 g/mol. The quantitative estimate of drug-likeness (QED) is 0.786. The molecule has 0 aliphatic carbocycles. The summed E-state index contributed by atoms with van der Waals surface area (Å²) in [6.45, 7) is 4.07. The Balaban J connectivity index is 2.10. The lowest BCUT2D eigenvalue weighted by Gasteiger charge is -2.12. The normalized spacial score (nSPS) is 12.0. The number of carbonyl (C=O) groups excluding carboxylic acids is 1. The fourth-order valence-corrected chi connectivity index (χ4v) is 2.01. The van der Waals surface area contributed by atoms with Gasteiger partial charge in [0.2, 0.25) is 0 Å². The van der Waals surface area contributed by atoms with Crippen molar-refractivity contribution in [1.29, 1.82) is 0 Å². The summed E-state index contributed by atoms with van der Waals surface area (Å²) in [5, 5.41) is 18.3. The molecule has 112 valence electrons. The van der Waals surface area contributed by atoms with Crippen molar-refractivity contribution in [1.82, 2.24) is 15.1 Å². The van der Waals surface area contributed by atoms with Crippen LogP contribution in [0.15, 0.2) is 36.5 Å². The Kier molecular flexibility index (Phi) is 4.94. The van der Waals surface area contributed by atoms with Crippen LogP contribution in [0.2, 0.25) is 0 Å². The highest BCUT2D eigenvalue weighted by Crippen LogP contribution is 2.20. The molecule has 1 aromatic carbocycles. The molecule has 21 heavy (non-hydrogen) atoms. The number of urea groups is 1. The first kappa shape index (κ1) is 15.1. The predicted molar refractivity (Wildman–Crippen MR) is 81.3 cm³/mol. The van der Waals surface area contributed by atoms with Gasteiger partial charge in [-0.05, 0) is 19.4 Å². The zero-order valence-electron chi connectivity index (χ0n) is 12.2. The average Bonchev–Trinajstić information content (AvgIpc) is 2.86. The summed E-state index contributed by atoms with van der Waals surface area (Å²) < 4.78 is 1.83. The molecule has 1 unspecified atom stereocenters. The van der Waals surface area contributed by atoms with Gasteiger partial charge >= 0.3 is 6.03 Å². The van der Waals surface area contributed by atoms with Crippen molar-refractivity contribution in [3.05, 3.63) is 47.7 Å². The lowest BCUT2D eigenvalue weighted by atomic mass is 10.1. The fraction of sp³-hybridized carbons (Fsp3) is 0.333. The molecule has 1 atom stereocenters. The van der Waals surface area contributed by atoms with E-state index in [2.05, 4.69) is 22.7 Å². The second-order valence-corrected chi connectivity index (χ2v) is 4.83. The van der Waals surface area contributed by atoms with Crippen molar-refractivity contribution in [2.24, 2.45) is 0 Å². The largest absolute Gasteiger partial charge is 0.395 e. The minimum atomic E-state index is -0.371. The number of anilines is 1. The van der Waals surface area contributed by atoms with Crippen molar-refractivity contribution >= 4 is 11.8 Å². The third-order valence-corrected chi connectivity index (χ3v) is 3.22. The second kappa shape index (κ2) is 6.90. The van der Waals surface area contributed by atoms with Crippen LogP contribution in [0, 0.1) is 6.92 Å². The average molecular weight is 288 g/mol. The Morgan fingerprint density at radius 1 is 1.38 bits per heavy atom. The molecule has 0 aliphatic rings. The summed E-state index contributed by atoms with van der Waals surface area (Å²) in [6, 6.07) is 9.76. The van der Waals surface area contributed by atoms with Crippen LogP contribution in [0.1, 0.15) is 24.1 Å². The molecule has 0 radical (unpaired) electrons. The van der Waals surface area contributed by atoms with E-state index < -0.39 is 0 Å². The second-order valence-electron chi connectivity index (χ2n) is 4.83. The topological polar surface area (TPSA) is 79.2 Å². The van der Waals surface area contributed by atoms with E-state index in [0.29, 0.717) is 5.82 Å². The number of aliphatic hydroxyl groups excluding tert-OH is 1. The van der Waals surface area contributed by atoms with Gasteiger partial charge in [-0.3, -0.25) is 10.00 Å². The van der Waals surface area contributed by atoms with E-state index in [4.69, 9.17) is 5.11 Å². The van der Waals surface area contributed by atoms with E-state index in [1.807, 2.05) is 48.1 Å². The number of aryl methyl sites for hydroxylation is 1. The van der Waals surface area contributed by atoms with Gasteiger partial charge in [0.1, 0.15) is 0 Å². The minimum absolute atomic E-state index is 0.0842. The van der Waals surface area contributed by atoms with Gasteiger partial charge in [-0.15, -0.1) is 0 Å². The number of nitrogens with one attached hydrogen (secondary N) is 2. The number of amides is 2. The first-order chi connectivity index (χ1) is 10.1. The van der Waals surface area contributed by atoms with Gasteiger partial charge < -0.3 is 10.4 Å². The molecule has 2 rings (SSSR count). The standard InChI is InChI=1S/C15H20N4O2/c1-11-10-19(12(2)13-6-4-3-5-7-13)18-14(11)17-15(21)16-8-9-20/h3-7,10,12,20H,8-9H2,1-2H3,(H2,16,17,18,21). The number of aromatic nitrogens is 2. The maximum atomic E-state index is 11.6. The maximum Gasteiger partial charge on any atom is 0.320 e. The zero-order chi connectivity index (χ0) is 15.2. The van der Waals surface area contributed by atoms with E-state index >= 15 is 0 Å². The van der Waals surface area contributed by atoms with Crippen LogP contribution < -0.4 is 10.6 Å². The monoisotopic (exact) mass is 288 g/mol. The molecule has 3 N–H and O–H groups in total. The number of hydrogen-bond acceptors (Lipinski definition) is 3. The van der Waals surface area contributed by atoms with Gasteiger partial charge in [0.05, 0.1) is 12.6 Å². The Bertz CT molecular complexity index is 595. The summed E-state index contributed by atoms with van der Waals surface area (Å²) in [6.07, 6.45) is 1.90. The highest BCUT2D eigenvalue weighted by atomic mass is 16.3. The molecule has 0 fully saturated rings. The Labute approximate surface area is 123 Å². The number of carbonyl (C=O) groups is 1. The van der Waals surface area contributed by atoms with Crippen LogP contribution >= 0.6 is 0 Å². The van der Waals surface area contributed by atoms with E-state index in [9.17, 15) is 4.79 Å². The van der Waals surface area contributed by atoms with Gasteiger partial charge in [0.15, 0.2) is 5.82 Å². The highest BCUT2D eigenvalue weighted by Gasteiger charge is 2.13. The molecule has 0 aliphatic heterocycles. The molecule has 6 nitrogen and oxygen atoms in total. The lowest BCUT2D eigenvalue weighted by Crippen LogP contribution is -2.31. The third kappa shape index (κ3) is 3.82. The van der Waals surface area contributed by atoms with Crippen LogP contribution in [-0.4, -0.2) is 34.1 Å². The lowest BCUT2D eigenvalue weighted by molar-refractivity contribution is 0.244. The van der Waals surface area contributed by atoms with Gasteiger partial charge in [-0.1, -0.05) is 30.3 Å². The summed E-state index contributed by atoms with van der Waals surface area (Å²) in [4.78, 5) is 11.6. The number of benzene rings is 1. The van der Waals surface area contributed by atoms with E-state index in [1.165, 1.54) is 0 Å². The van der Waals surface area contributed by atoms with Gasteiger partial charge in [-0.2, -0.15) is 5.10 Å². The zero-order valence-corrected chi connectivity index (χ0v) is 12.2. The summed E-state index contributed by atoms with van der Waals surface area (Å²) in [5.41, 5.74) is 2.04. The van der Waals surface area contributed by atoms with Crippen LogP contribution in [-0.2, 0) is 0 Å². The molecule has 0 saturated carbocycles. The van der Waals surface area contributed by atoms with Crippen molar-refractivity contribution in [3.8, 4) is 0 Å². The Morgan fingerprint density at radius 3 is 2.76 bits per heavy atom.